The van der Waals surface area contributed by atoms with Crippen LogP contribution in [0.3, 0.4) is 0 Å². The molecule has 0 bridgehead atoms. The highest BCUT2D eigenvalue weighted by Crippen LogP contribution is 2.63. The number of carbonyl (C=O) groups excluding carboxylic acids is 1. The molecule has 0 aliphatic rings. The third-order valence-electron chi connectivity index (χ3n) is 5.59. The molecule has 142 valence electrons. The standard InChI is InChI=1S/C23H40OP/c1-6-10-17-25(18-11-7-2,19-12-8-3)23(24)22-15-13-21(14-16-22)20(5)9-4/h13-16,20H,6-12,17-19H2,1-5H3/q+1. The van der Waals surface area contributed by atoms with Crippen LogP contribution in [-0.2, 0) is 0 Å². The summed E-state index contributed by atoms with van der Waals surface area (Å²) in [6.45, 7) is 11.2. The zero-order valence-corrected chi connectivity index (χ0v) is 18.2. The lowest BCUT2D eigenvalue weighted by Gasteiger charge is -2.26. The zero-order chi connectivity index (χ0) is 18.7. The third kappa shape index (κ3) is 6.52. The number of rotatable bonds is 13. The van der Waals surface area contributed by atoms with Crippen molar-refractivity contribution in [2.24, 2.45) is 0 Å². The van der Waals surface area contributed by atoms with Crippen molar-refractivity contribution in [1.29, 1.82) is 0 Å². The highest BCUT2D eigenvalue weighted by molar-refractivity contribution is 7.91. The Morgan fingerprint density at radius 3 is 1.64 bits per heavy atom. The first-order valence-corrected chi connectivity index (χ1v) is 12.9. The maximum Gasteiger partial charge on any atom is 0.297 e. The van der Waals surface area contributed by atoms with Gasteiger partial charge in [-0.05, 0) is 49.3 Å². The van der Waals surface area contributed by atoms with Gasteiger partial charge in [-0.25, -0.2) is 4.79 Å². The molecule has 0 aliphatic heterocycles. The van der Waals surface area contributed by atoms with Gasteiger partial charge in [0, 0.05) is 0 Å². The van der Waals surface area contributed by atoms with E-state index < -0.39 is 7.26 Å². The Kier molecular flexibility index (Phi) is 10.6. The molecule has 0 heterocycles. The van der Waals surface area contributed by atoms with Crippen molar-refractivity contribution < 1.29 is 4.79 Å². The first-order chi connectivity index (χ1) is 12.0. The molecule has 0 amide bonds. The Balaban J connectivity index is 3.09. The molecule has 0 aliphatic carbocycles. The van der Waals surface area contributed by atoms with Gasteiger partial charge in [0.2, 0.25) is 0 Å². The molecule has 1 atom stereocenters. The molecule has 2 heteroatoms. The fraction of sp³-hybridized carbons (Fsp3) is 0.696. The van der Waals surface area contributed by atoms with Gasteiger partial charge in [-0.1, -0.05) is 66.0 Å². The second-order valence-electron chi connectivity index (χ2n) is 7.61. The lowest BCUT2D eigenvalue weighted by molar-refractivity contribution is 0.107. The predicted octanol–water partition coefficient (Wildman–Crippen LogP) is 7.76. The summed E-state index contributed by atoms with van der Waals surface area (Å²) in [7, 11) is -1.54. The first kappa shape index (κ1) is 22.4. The van der Waals surface area contributed by atoms with Crippen molar-refractivity contribution in [3.05, 3.63) is 35.4 Å². The zero-order valence-electron chi connectivity index (χ0n) is 17.3. The first-order valence-electron chi connectivity index (χ1n) is 10.6. The SMILES string of the molecule is CCCC[P+](CCCC)(CCCC)C(=O)c1ccc(C(C)CC)cc1. The van der Waals surface area contributed by atoms with Crippen LogP contribution in [0.25, 0.3) is 0 Å². The normalized spacial score (nSPS) is 13.0. The summed E-state index contributed by atoms with van der Waals surface area (Å²) in [5, 5.41) is 0. The van der Waals surface area contributed by atoms with Crippen molar-refractivity contribution in [2.45, 2.75) is 85.5 Å². The monoisotopic (exact) mass is 363 g/mol. The van der Waals surface area contributed by atoms with Crippen LogP contribution in [0.1, 0.15) is 101 Å². The smallest absolute Gasteiger partial charge is 0.247 e. The maximum absolute atomic E-state index is 13.6. The molecule has 0 N–H and O–H groups in total. The van der Waals surface area contributed by atoms with E-state index in [1.807, 2.05) is 0 Å². The molecular weight excluding hydrogens is 323 g/mol. The molecule has 1 aromatic rings. The fourth-order valence-electron chi connectivity index (χ4n) is 3.49. The molecule has 0 saturated heterocycles. The lowest BCUT2D eigenvalue weighted by Crippen LogP contribution is -2.18. The molecular formula is C23H40OP+. The van der Waals surface area contributed by atoms with Gasteiger partial charge in [-0.3, -0.25) is 0 Å². The lowest BCUT2D eigenvalue weighted by atomic mass is 9.98. The summed E-state index contributed by atoms with van der Waals surface area (Å²) in [5.41, 5.74) is 2.85. The van der Waals surface area contributed by atoms with Gasteiger partial charge < -0.3 is 0 Å². The Bertz CT molecular complexity index is 470. The summed E-state index contributed by atoms with van der Waals surface area (Å²) in [5.74, 6) is 0.573. The molecule has 25 heavy (non-hydrogen) atoms. The van der Waals surface area contributed by atoms with Crippen LogP contribution in [0.5, 0.6) is 0 Å². The quantitative estimate of drug-likeness (QED) is 0.327. The van der Waals surface area contributed by atoms with E-state index in [-0.39, 0.29) is 0 Å². The molecule has 0 saturated carbocycles. The van der Waals surface area contributed by atoms with Gasteiger partial charge >= 0.3 is 0 Å². The van der Waals surface area contributed by atoms with Crippen LogP contribution in [0.2, 0.25) is 0 Å². The fourth-order valence-corrected chi connectivity index (χ4v) is 8.23. The van der Waals surface area contributed by atoms with Gasteiger partial charge in [0.05, 0.1) is 31.3 Å². The van der Waals surface area contributed by atoms with Crippen LogP contribution in [-0.4, -0.2) is 24.0 Å². The summed E-state index contributed by atoms with van der Waals surface area (Å²) in [6, 6.07) is 8.61. The van der Waals surface area contributed by atoms with Crippen LogP contribution in [0.4, 0.5) is 0 Å². The number of hydrogen-bond donors (Lipinski definition) is 0. The Hall–Kier alpha value is -0.680. The Labute approximate surface area is 157 Å². The predicted molar refractivity (Wildman–Crippen MR) is 116 cm³/mol. The molecule has 1 rings (SSSR count). The van der Waals surface area contributed by atoms with E-state index in [2.05, 4.69) is 58.9 Å². The minimum absolute atomic E-state index is 0.513. The minimum atomic E-state index is -1.54. The number of benzene rings is 1. The van der Waals surface area contributed by atoms with E-state index in [9.17, 15) is 4.79 Å². The molecule has 0 radical (unpaired) electrons. The van der Waals surface area contributed by atoms with Crippen molar-refractivity contribution in [3.8, 4) is 0 Å². The maximum atomic E-state index is 13.6. The highest BCUT2D eigenvalue weighted by Gasteiger charge is 2.44. The Morgan fingerprint density at radius 1 is 0.840 bits per heavy atom. The number of unbranched alkanes of at least 4 members (excludes halogenated alkanes) is 3. The van der Waals surface area contributed by atoms with Gasteiger partial charge in [-0.2, -0.15) is 0 Å². The van der Waals surface area contributed by atoms with Crippen LogP contribution < -0.4 is 0 Å². The average Bonchev–Trinajstić information content (AvgIpc) is 2.66. The Morgan fingerprint density at radius 2 is 1.28 bits per heavy atom. The number of hydrogen-bond acceptors (Lipinski definition) is 1. The largest absolute Gasteiger partial charge is 0.297 e. The molecule has 1 aromatic carbocycles. The summed E-state index contributed by atoms with van der Waals surface area (Å²) < 4.78 is 0. The van der Waals surface area contributed by atoms with Crippen LogP contribution in [0.15, 0.2) is 24.3 Å². The third-order valence-corrected chi connectivity index (χ3v) is 10.2. The molecule has 0 aromatic heterocycles. The van der Waals surface area contributed by atoms with E-state index in [0.717, 1.165) is 30.5 Å². The second kappa shape index (κ2) is 11.8. The summed E-state index contributed by atoms with van der Waals surface area (Å²) >= 11 is 0. The van der Waals surface area contributed by atoms with Gasteiger partial charge in [0.15, 0.2) is 0 Å². The topological polar surface area (TPSA) is 17.1 Å². The molecule has 1 nitrogen and oxygen atoms in total. The molecule has 0 fully saturated rings. The van der Waals surface area contributed by atoms with E-state index in [4.69, 9.17) is 0 Å². The van der Waals surface area contributed by atoms with Crippen LogP contribution in [0, 0.1) is 0 Å². The minimum Gasteiger partial charge on any atom is -0.247 e. The van der Waals surface area contributed by atoms with Gasteiger partial charge in [0.1, 0.15) is 0 Å². The van der Waals surface area contributed by atoms with Gasteiger partial charge in [0.25, 0.3) is 5.52 Å². The van der Waals surface area contributed by atoms with Crippen molar-refractivity contribution in [3.63, 3.8) is 0 Å². The summed E-state index contributed by atoms with van der Waals surface area (Å²) in [4.78, 5) is 13.6. The van der Waals surface area contributed by atoms with E-state index in [1.54, 1.807) is 0 Å². The van der Waals surface area contributed by atoms with Crippen molar-refractivity contribution in [1.82, 2.24) is 0 Å². The molecule has 0 spiro atoms. The highest BCUT2D eigenvalue weighted by atomic mass is 31.2. The van der Waals surface area contributed by atoms with E-state index in [0.29, 0.717) is 11.4 Å². The second-order valence-corrected chi connectivity index (χ2v) is 11.7. The van der Waals surface area contributed by atoms with Crippen LogP contribution >= 0.6 is 7.26 Å². The van der Waals surface area contributed by atoms with E-state index in [1.165, 1.54) is 44.1 Å². The average molecular weight is 364 g/mol. The van der Waals surface area contributed by atoms with E-state index >= 15 is 0 Å². The summed E-state index contributed by atoms with van der Waals surface area (Å²) in [6.07, 6.45) is 11.8. The van der Waals surface area contributed by atoms with Crippen molar-refractivity contribution >= 4 is 12.8 Å². The molecule has 1 unspecified atom stereocenters. The van der Waals surface area contributed by atoms with Crippen molar-refractivity contribution in [2.75, 3.05) is 18.5 Å². The number of carbonyl (C=O) groups is 1. The van der Waals surface area contributed by atoms with Gasteiger partial charge in [-0.15, -0.1) is 0 Å².